The van der Waals surface area contributed by atoms with Crippen molar-refractivity contribution in [3.8, 4) is 6.07 Å². The summed E-state index contributed by atoms with van der Waals surface area (Å²) < 4.78 is 6.83. The van der Waals surface area contributed by atoms with Crippen LogP contribution >= 0.6 is 11.8 Å². The summed E-state index contributed by atoms with van der Waals surface area (Å²) >= 11 is 1.33. The highest BCUT2D eigenvalue weighted by atomic mass is 32.2. The molecular weight excluding hydrogens is 366 g/mol. The number of nitro groups is 1. The van der Waals surface area contributed by atoms with Gasteiger partial charge in [-0.1, -0.05) is 18.2 Å². The van der Waals surface area contributed by atoms with E-state index in [-0.39, 0.29) is 12.3 Å². The summed E-state index contributed by atoms with van der Waals surface area (Å²) in [6, 6.07) is 13.7. The van der Waals surface area contributed by atoms with Crippen molar-refractivity contribution >= 4 is 28.9 Å². The first kappa shape index (κ1) is 18.5. The number of aromatic nitrogens is 1. The number of esters is 1. The lowest BCUT2D eigenvalue weighted by atomic mass is 10.2. The van der Waals surface area contributed by atoms with E-state index in [1.807, 2.05) is 0 Å². The second kappa shape index (κ2) is 7.93. The Morgan fingerprint density at radius 1 is 1.30 bits per heavy atom. The van der Waals surface area contributed by atoms with Gasteiger partial charge in [0.15, 0.2) is 0 Å². The number of hydrogen-bond donors (Lipinski definition) is 0. The van der Waals surface area contributed by atoms with Crippen molar-refractivity contribution in [3.63, 3.8) is 0 Å². The molecule has 0 N–H and O–H groups in total. The fourth-order valence-electron chi connectivity index (χ4n) is 2.69. The SMILES string of the molecule is CCOC(=O)c1c(SCc2ccc([N+](=O)[O-])cc2)c(C#N)c2ccccn12. The molecule has 2 aromatic heterocycles. The van der Waals surface area contributed by atoms with Gasteiger partial charge in [-0.15, -0.1) is 11.8 Å². The molecule has 2 heterocycles. The molecule has 0 amide bonds. The van der Waals surface area contributed by atoms with Gasteiger partial charge >= 0.3 is 5.97 Å². The molecule has 0 aliphatic rings. The number of non-ortho nitro benzene ring substituents is 1. The third-order valence-corrected chi connectivity index (χ3v) is 5.07. The number of nitrogens with zero attached hydrogens (tertiary/aromatic N) is 3. The van der Waals surface area contributed by atoms with E-state index >= 15 is 0 Å². The van der Waals surface area contributed by atoms with Crippen LogP contribution in [0.5, 0.6) is 0 Å². The molecule has 3 rings (SSSR count). The number of carbonyl (C=O) groups excluding carboxylic acids is 1. The van der Waals surface area contributed by atoms with Gasteiger partial charge in [0.05, 0.1) is 27.5 Å². The monoisotopic (exact) mass is 381 g/mol. The Morgan fingerprint density at radius 3 is 2.67 bits per heavy atom. The van der Waals surface area contributed by atoms with Gasteiger partial charge in [-0.3, -0.25) is 10.1 Å². The van der Waals surface area contributed by atoms with E-state index in [2.05, 4.69) is 6.07 Å². The first-order valence-electron chi connectivity index (χ1n) is 8.13. The second-order valence-electron chi connectivity index (χ2n) is 5.55. The maximum atomic E-state index is 12.5. The van der Waals surface area contributed by atoms with Crippen molar-refractivity contribution in [1.82, 2.24) is 4.40 Å². The lowest BCUT2D eigenvalue weighted by Crippen LogP contribution is -2.09. The molecule has 1 aromatic carbocycles. The summed E-state index contributed by atoms with van der Waals surface area (Å²) in [6.07, 6.45) is 1.72. The Hall–Kier alpha value is -3.31. The number of pyridine rings is 1. The van der Waals surface area contributed by atoms with E-state index < -0.39 is 10.9 Å². The summed E-state index contributed by atoms with van der Waals surface area (Å²) in [7, 11) is 0. The second-order valence-corrected chi connectivity index (χ2v) is 6.54. The third-order valence-electron chi connectivity index (χ3n) is 3.91. The summed E-state index contributed by atoms with van der Waals surface area (Å²) in [4.78, 5) is 23.4. The Balaban J connectivity index is 1.99. The molecule has 7 nitrogen and oxygen atoms in total. The molecule has 0 bridgehead atoms. The Bertz CT molecular complexity index is 1050. The van der Waals surface area contributed by atoms with Crippen LogP contribution in [0.4, 0.5) is 5.69 Å². The lowest BCUT2D eigenvalue weighted by Gasteiger charge is -2.06. The lowest BCUT2D eigenvalue weighted by molar-refractivity contribution is -0.384. The van der Waals surface area contributed by atoms with E-state index in [0.29, 0.717) is 27.4 Å². The molecule has 0 aliphatic carbocycles. The van der Waals surface area contributed by atoms with Crippen LogP contribution in [-0.4, -0.2) is 21.9 Å². The van der Waals surface area contributed by atoms with Gasteiger partial charge in [-0.05, 0) is 24.6 Å². The predicted molar refractivity (Wildman–Crippen MR) is 101 cm³/mol. The third kappa shape index (κ3) is 3.64. The zero-order chi connectivity index (χ0) is 19.4. The van der Waals surface area contributed by atoms with Crippen LogP contribution in [0.3, 0.4) is 0 Å². The molecular formula is C19H15N3O4S. The maximum absolute atomic E-state index is 12.5. The average molecular weight is 381 g/mol. The largest absolute Gasteiger partial charge is 0.461 e. The number of nitro benzene ring substituents is 1. The summed E-state index contributed by atoms with van der Waals surface area (Å²) in [5.41, 5.74) is 2.22. The quantitative estimate of drug-likeness (QED) is 0.275. The first-order chi connectivity index (χ1) is 13.1. The number of thioether (sulfide) groups is 1. The summed E-state index contributed by atoms with van der Waals surface area (Å²) in [6.45, 7) is 1.95. The van der Waals surface area contributed by atoms with Crippen LogP contribution in [0.2, 0.25) is 0 Å². The van der Waals surface area contributed by atoms with E-state index in [0.717, 1.165) is 5.56 Å². The van der Waals surface area contributed by atoms with Crippen LogP contribution in [0.15, 0.2) is 53.6 Å². The zero-order valence-electron chi connectivity index (χ0n) is 14.4. The van der Waals surface area contributed by atoms with Gasteiger partial charge in [0.25, 0.3) is 5.69 Å². The van der Waals surface area contributed by atoms with Crippen LogP contribution in [0.1, 0.15) is 28.5 Å². The van der Waals surface area contributed by atoms with Crippen molar-refractivity contribution in [3.05, 3.63) is 75.6 Å². The number of rotatable bonds is 6. The Labute approximate surface area is 159 Å². The minimum Gasteiger partial charge on any atom is -0.461 e. The van der Waals surface area contributed by atoms with Crippen LogP contribution in [-0.2, 0) is 10.5 Å². The highest BCUT2D eigenvalue weighted by Crippen LogP contribution is 2.35. The number of fused-ring (bicyclic) bond motifs is 1. The molecule has 27 heavy (non-hydrogen) atoms. The molecule has 0 fully saturated rings. The molecule has 0 atom stereocenters. The smallest absolute Gasteiger partial charge is 0.356 e. The van der Waals surface area contributed by atoms with Gasteiger partial charge in [0, 0.05) is 24.1 Å². The predicted octanol–water partition coefficient (Wildman–Crippen LogP) is 4.19. The number of nitriles is 1. The summed E-state index contributed by atoms with van der Waals surface area (Å²) in [5, 5.41) is 20.4. The van der Waals surface area contributed by atoms with Crippen molar-refractivity contribution in [2.24, 2.45) is 0 Å². The molecule has 3 aromatic rings. The van der Waals surface area contributed by atoms with Crippen molar-refractivity contribution < 1.29 is 14.5 Å². The molecule has 136 valence electrons. The van der Waals surface area contributed by atoms with Crippen LogP contribution in [0.25, 0.3) is 5.52 Å². The number of carbonyl (C=O) groups is 1. The molecule has 0 saturated carbocycles. The van der Waals surface area contributed by atoms with Gasteiger partial charge in [-0.25, -0.2) is 4.79 Å². The minimum atomic E-state index is -0.494. The van der Waals surface area contributed by atoms with Crippen molar-refractivity contribution in [1.29, 1.82) is 5.26 Å². The molecule has 8 heteroatoms. The number of benzene rings is 1. The molecule has 0 radical (unpaired) electrons. The fraction of sp³-hybridized carbons (Fsp3) is 0.158. The van der Waals surface area contributed by atoms with Gasteiger partial charge in [-0.2, -0.15) is 5.26 Å². The van der Waals surface area contributed by atoms with Gasteiger partial charge in [0.1, 0.15) is 11.8 Å². The topological polar surface area (TPSA) is 97.6 Å². The van der Waals surface area contributed by atoms with E-state index in [9.17, 15) is 20.2 Å². The van der Waals surface area contributed by atoms with Gasteiger partial charge < -0.3 is 9.14 Å². The van der Waals surface area contributed by atoms with E-state index in [1.54, 1.807) is 47.9 Å². The van der Waals surface area contributed by atoms with Crippen molar-refractivity contribution in [2.45, 2.75) is 17.6 Å². The zero-order valence-corrected chi connectivity index (χ0v) is 15.2. The van der Waals surface area contributed by atoms with Crippen LogP contribution < -0.4 is 0 Å². The van der Waals surface area contributed by atoms with E-state index in [4.69, 9.17) is 4.74 Å². The highest BCUT2D eigenvalue weighted by Gasteiger charge is 2.24. The van der Waals surface area contributed by atoms with E-state index in [1.165, 1.54) is 23.9 Å². The normalized spacial score (nSPS) is 10.5. The molecule has 0 aliphatic heterocycles. The summed E-state index contributed by atoms with van der Waals surface area (Å²) in [5.74, 6) is -0.0397. The average Bonchev–Trinajstić information content (AvgIpc) is 3.00. The first-order valence-corrected chi connectivity index (χ1v) is 9.11. The van der Waals surface area contributed by atoms with Crippen molar-refractivity contribution in [2.75, 3.05) is 6.61 Å². The standard InChI is InChI=1S/C19H15N3O4S/c1-2-26-19(23)17-18(15(11-20)16-5-3-4-10-21(16)17)27-12-13-6-8-14(9-7-13)22(24)25/h3-10H,2,12H2,1H3. The number of hydrogen-bond acceptors (Lipinski definition) is 6. The van der Waals surface area contributed by atoms with Gasteiger partial charge in [0.2, 0.25) is 0 Å². The Morgan fingerprint density at radius 2 is 2.04 bits per heavy atom. The molecule has 0 unspecified atom stereocenters. The highest BCUT2D eigenvalue weighted by molar-refractivity contribution is 7.98. The minimum absolute atomic E-state index is 0.0169. The molecule has 0 saturated heterocycles. The molecule has 0 spiro atoms. The van der Waals surface area contributed by atoms with Crippen LogP contribution in [0, 0.1) is 21.4 Å². The maximum Gasteiger partial charge on any atom is 0.356 e. The number of ether oxygens (including phenoxy) is 1. The fourth-order valence-corrected chi connectivity index (χ4v) is 3.81. The Kier molecular flexibility index (Phi) is 5.43.